The molecule has 170 valence electrons. The van der Waals surface area contributed by atoms with Gasteiger partial charge in [0.15, 0.2) is 5.83 Å². The van der Waals surface area contributed by atoms with Crippen LogP contribution in [0.15, 0.2) is 18.1 Å². The van der Waals surface area contributed by atoms with Crippen LogP contribution in [0.3, 0.4) is 0 Å². The number of aromatic nitrogens is 1. The Morgan fingerprint density at radius 1 is 1.27 bits per heavy atom. The monoisotopic (exact) mass is 482 g/mol. The fourth-order valence-corrected chi connectivity index (χ4v) is 4.40. The van der Waals surface area contributed by atoms with Crippen molar-refractivity contribution in [3.8, 4) is 0 Å². The summed E-state index contributed by atoms with van der Waals surface area (Å²) in [7, 11) is 0. The van der Waals surface area contributed by atoms with Crippen LogP contribution in [0, 0.1) is 5.92 Å². The molecule has 10 heteroatoms. The Bertz CT molecular complexity index is 717. The Labute approximate surface area is 194 Å². The molecule has 1 aliphatic heterocycles. The first-order valence-electron chi connectivity index (χ1n) is 10.0. The van der Waals surface area contributed by atoms with E-state index in [4.69, 9.17) is 16.8 Å². The number of rotatable bonds is 6. The highest BCUT2D eigenvalue weighted by Gasteiger charge is 2.24. The van der Waals surface area contributed by atoms with Crippen molar-refractivity contribution in [2.75, 3.05) is 25.0 Å². The van der Waals surface area contributed by atoms with Crippen molar-refractivity contribution in [1.82, 2.24) is 15.4 Å². The van der Waals surface area contributed by atoms with E-state index in [0.717, 1.165) is 37.9 Å². The highest BCUT2D eigenvalue weighted by atomic mass is 35.5. The van der Waals surface area contributed by atoms with Crippen molar-refractivity contribution in [2.45, 2.75) is 51.0 Å². The molecule has 2 fully saturated rings. The zero-order valence-corrected chi connectivity index (χ0v) is 19.2. The van der Waals surface area contributed by atoms with Crippen LogP contribution in [-0.2, 0) is 4.79 Å². The van der Waals surface area contributed by atoms with E-state index in [9.17, 15) is 9.18 Å². The highest BCUT2D eigenvalue weighted by Crippen LogP contribution is 2.27. The summed E-state index contributed by atoms with van der Waals surface area (Å²) >= 11 is 6.30. The smallest absolute Gasteiger partial charge is 0.303 e. The summed E-state index contributed by atoms with van der Waals surface area (Å²) in [5, 5.41) is 12.2. The average molecular weight is 484 g/mol. The van der Waals surface area contributed by atoms with Crippen molar-refractivity contribution in [2.24, 2.45) is 5.92 Å². The standard InChI is InChI=1S/C20H28ClFN4O2.2ClH/c21-17-9-15(10-18(22)20(27)25-28)11-23-19(17)24-16-7-4-8-26(13-16)12-14-5-2-1-3-6-14;;/h9-11,14,16,28H,1-8,12-13H2,(H,23,24)(H,25,27);2*1H/b18-10+;;. The number of carbonyl (C=O) groups is 1. The maximum atomic E-state index is 13.5. The second-order valence-electron chi connectivity index (χ2n) is 7.78. The van der Waals surface area contributed by atoms with Crippen LogP contribution in [0.25, 0.3) is 6.08 Å². The van der Waals surface area contributed by atoms with Crippen molar-refractivity contribution in [1.29, 1.82) is 0 Å². The number of hydrogen-bond acceptors (Lipinski definition) is 5. The van der Waals surface area contributed by atoms with Gasteiger partial charge >= 0.3 is 5.91 Å². The topological polar surface area (TPSA) is 77.5 Å². The Hall–Kier alpha value is -1.12. The van der Waals surface area contributed by atoms with Gasteiger partial charge < -0.3 is 10.2 Å². The molecule has 3 N–H and O–H groups in total. The molecule has 1 aromatic heterocycles. The first-order chi connectivity index (χ1) is 13.5. The molecule has 1 saturated heterocycles. The number of amides is 1. The summed E-state index contributed by atoms with van der Waals surface area (Å²) in [6.07, 6.45) is 11.4. The minimum absolute atomic E-state index is 0. The lowest BCUT2D eigenvalue weighted by atomic mass is 9.88. The fraction of sp³-hybridized carbons (Fsp3) is 0.600. The van der Waals surface area contributed by atoms with Gasteiger partial charge in [-0.2, -0.15) is 0 Å². The quantitative estimate of drug-likeness (QED) is 0.306. The number of nitrogens with zero attached hydrogens (tertiary/aromatic N) is 2. The number of carbonyl (C=O) groups excluding carboxylic acids is 1. The summed E-state index contributed by atoms with van der Waals surface area (Å²) in [4.78, 5) is 17.9. The molecule has 30 heavy (non-hydrogen) atoms. The van der Waals surface area contributed by atoms with Gasteiger partial charge in [-0.15, -0.1) is 24.8 Å². The van der Waals surface area contributed by atoms with E-state index in [-0.39, 0.29) is 30.9 Å². The van der Waals surface area contributed by atoms with E-state index in [1.54, 1.807) is 6.07 Å². The lowest BCUT2D eigenvalue weighted by molar-refractivity contribution is -0.126. The molecule has 1 aliphatic carbocycles. The Balaban J connectivity index is 0.00000225. The van der Waals surface area contributed by atoms with E-state index in [1.165, 1.54) is 50.3 Å². The number of anilines is 1. The molecular formula is C20H30Cl3FN4O2. The largest absolute Gasteiger partial charge is 0.365 e. The van der Waals surface area contributed by atoms with Gasteiger partial charge in [0.05, 0.1) is 5.02 Å². The van der Waals surface area contributed by atoms with E-state index in [0.29, 0.717) is 16.4 Å². The minimum atomic E-state index is -1.21. The van der Waals surface area contributed by atoms with E-state index in [2.05, 4.69) is 15.2 Å². The van der Waals surface area contributed by atoms with Gasteiger partial charge in [-0.25, -0.2) is 14.9 Å². The maximum Gasteiger partial charge on any atom is 0.303 e. The van der Waals surface area contributed by atoms with Gasteiger partial charge in [-0.1, -0.05) is 30.9 Å². The van der Waals surface area contributed by atoms with Crippen molar-refractivity contribution >= 4 is 54.2 Å². The molecule has 2 aliphatic rings. The van der Waals surface area contributed by atoms with Crippen LogP contribution in [0.4, 0.5) is 10.2 Å². The molecule has 1 unspecified atom stereocenters. The third kappa shape index (κ3) is 7.85. The van der Waals surface area contributed by atoms with Gasteiger partial charge in [0, 0.05) is 25.3 Å². The van der Waals surface area contributed by atoms with Crippen molar-refractivity contribution in [3.63, 3.8) is 0 Å². The van der Waals surface area contributed by atoms with Crippen LogP contribution < -0.4 is 10.8 Å². The molecule has 0 radical (unpaired) electrons. The van der Waals surface area contributed by atoms with Gasteiger partial charge in [0.2, 0.25) is 0 Å². The molecule has 1 atom stereocenters. The zero-order chi connectivity index (χ0) is 19.9. The predicted molar refractivity (Wildman–Crippen MR) is 122 cm³/mol. The van der Waals surface area contributed by atoms with Gasteiger partial charge in [-0.05, 0) is 55.9 Å². The van der Waals surface area contributed by atoms with Crippen LogP contribution in [0.1, 0.15) is 50.5 Å². The number of pyridine rings is 1. The van der Waals surface area contributed by atoms with E-state index >= 15 is 0 Å². The van der Waals surface area contributed by atoms with E-state index in [1.807, 2.05) is 0 Å². The first-order valence-corrected chi connectivity index (χ1v) is 10.4. The molecule has 2 heterocycles. The van der Waals surface area contributed by atoms with E-state index < -0.39 is 11.7 Å². The summed E-state index contributed by atoms with van der Waals surface area (Å²) in [6.45, 7) is 3.29. The Kier molecular flexibility index (Phi) is 12.0. The number of hydroxylamine groups is 1. The highest BCUT2D eigenvalue weighted by molar-refractivity contribution is 6.33. The summed E-state index contributed by atoms with van der Waals surface area (Å²) in [5.41, 5.74) is 1.59. The Morgan fingerprint density at radius 2 is 2.00 bits per heavy atom. The molecule has 1 saturated carbocycles. The van der Waals surface area contributed by atoms with Crippen molar-refractivity contribution in [3.05, 3.63) is 28.7 Å². The lowest BCUT2D eigenvalue weighted by Gasteiger charge is -2.36. The molecule has 1 amide bonds. The number of halogens is 4. The second-order valence-corrected chi connectivity index (χ2v) is 8.19. The molecule has 3 rings (SSSR count). The third-order valence-corrected chi connectivity index (χ3v) is 5.85. The molecule has 0 bridgehead atoms. The fourth-order valence-electron chi connectivity index (χ4n) is 4.17. The predicted octanol–water partition coefficient (Wildman–Crippen LogP) is 4.85. The summed E-state index contributed by atoms with van der Waals surface area (Å²) in [6, 6.07) is 1.82. The number of piperidine rings is 1. The number of likely N-dealkylation sites (tertiary alicyclic amines) is 1. The first kappa shape index (κ1) is 26.9. The summed E-state index contributed by atoms with van der Waals surface area (Å²) in [5.74, 6) is -0.938. The second kappa shape index (κ2) is 13.3. The van der Waals surface area contributed by atoms with Crippen molar-refractivity contribution < 1.29 is 14.4 Å². The van der Waals surface area contributed by atoms with Gasteiger partial charge in [0.25, 0.3) is 0 Å². The van der Waals surface area contributed by atoms with Crippen LogP contribution in [0.5, 0.6) is 0 Å². The molecule has 1 aromatic rings. The zero-order valence-electron chi connectivity index (χ0n) is 16.8. The van der Waals surface area contributed by atoms with Gasteiger partial charge in [0.1, 0.15) is 5.82 Å². The molecule has 6 nitrogen and oxygen atoms in total. The minimum Gasteiger partial charge on any atom is -0.365 e. The molecule has 0 spiro atoms. The summed E-state index contributed by atoms with van der Waals surface area (Å²) < 4.78 is 13.5. The lowest BCUT2D eigenvalue weighted by Crippen LogP contribution is -2.44. The van der Waals surface area contributed by atoms with Crippen LogP contribution >= 0.6 is 36.4 Å². The number of nitrogens with one attached hydrogen (secondary N) is 2. The SMILES string of the molecule is Cl.Cl.O=C(NO)/C(F)=C\c1cnc(NC2CCCN(CC3CCCCC3)C2)c(Cl)c1. The molecular weight excluding hydrogens is 454 g/mol. The van der Waals surface area contributed by atoms with Crippen LogP contribution in [0.2, 0.25) is 5.02 Å². The normalized spacial score (nSPS) is 20.6. The van der Waals surface area contributed by atoms with Gasteiger partial charge in [-0.3, -0.25) is 10.0 Å². The maximum absolute atomic E-state index is 13.5. The third-order valence-electron chi connectivity index (χ3n) is 5.56. The van der Waals surface area contributed by atoms with Crippen LogP contribution in [-0.4, -0.2) is 46.7 Å². The molecule has 0 aromatic carbocycles. The average Bonchev–Trinajstić information content (AvgIpc) is 2.70. The number of hydrogen-bond donors (Lipinski definition) is 3. The Morgan fingerprint density at radius 3 is 2.67 bits per heavy atom.